The molecule has 8 heteroatoms. The SMILES string of the molecule is CC(C)c1ccc(CSc2nc3ccccc3c(=O)n2CCc2ccc(S(N)(=O)=O)cc2)cc1. The number of benzene rings is 3. The number of aryl methyl sites for hydroxylation is 1. The molecular weight excluding hydrogens is 466 g/mol. The molecule has 2 N–H and O–H groups in total. The lowest BCUT2D eigenvalue weighted by Gasteiger charge is -2.14. The average molecular weight is 494 g/mol. The molecule has 1 aromatic heterocycles. The monoisotopic (exact) mass is 493 g/mol. The van der Waals surface area contributed by atoms with E-state index in [-0.39, 0.29) is 10.5 Å². The first-order chi connectivity index (χ1) is 16.2. The topological polar surface area (TPSA) is 95.0 Å². The highest BCUT2D eigenvalue weighted by Gasteiger charge is 2.13. The van der Waals surface area contributed by atoms with E-state index in [4.69, 9.17) is 10.1 Å². The Labute approximate surface area is 203 Å². The normalized spacial score (nSPS) is 11.9. The number of thioether (sulfide) groups is 1. The van der Waals surface area contributed by atoms with E-state index in [1.165, 1.54) is 23.3 Å². The van der Waals surface area contributed by atoms with Gasteiger partial charge in [-0.25, -0.2) is 18.5 Å². The van der Waals surface area contributed by atoms with Crippen LogP contribution in [-0.4, -0.2) is 18.0 Å². The molecule has 0 saturated heterocycles. The summed E-state index contributed by atoms with van der Waals surface area (Å²) < 4.78 is 24.7. The van der Waals surface area contributed by atoms with E-state index in [9.17, 15) is 13.2 Å². The van der Waals surface area contributed by atoms with Crippen LogP contribution >= 0.6 is 11.8 Å². The minimum Gasteiger partial charge on any atom is -0.287 e. The first-order valence-electron chi connectivity index (χ1n) is 11.1. The molecule has 4 rings (SSSR count). The standard InChI is InChI=1S/C26H27N3O3S2/c1-18(2)21-11-7-20(8-12-21)17-33-26-28-24-6-4-3-5-23(24)25(30)29(26)16-15-19-9-13-22(14-10-19)34(27,31)32/h3-14,18H,15-17H2,1-2H3,(H2,27,31,32). The molecule has 4 aromatic rings. The van der Waals surface area contributed by atoms with Crippen molar-refractivity contribution in [1.82, 2.24) is 9.55 Å². The summed E-state index contributed by atoms with van der Waals surface area (Å²) in [5.74, 6) is 1.18. The van der Waals surface area contributed by atoms with Crippen LogP contribution in [0.15, 0.2) is 87.6 Å². The molecule has 0 amide bonds. The van der Waals surface area contributed by atoms with Gasteiger partial charge in [0.25, 0.3) is 5.56 Å². The van der Waals surface area contributed by atoms with Gasteiger partial charge in [-0.3, -0.25) is 9.36 Å². The van der Waals surface area contributed by atoms with Gasteiger partial charge in [0.2, 0.25) is 10.0 Å². The maximum absolute atomic E-state index is 13.3. The van der Waals surface area contributed by atoms with Gasteiger partial charge in [0, 0.05) is 12.3 Å². The Balaban J connectivity index is 1.60. The summed E-state index contributed by atoms with van der Waals surface area (Å²) in [7, 11) is -3.73. The summed E-state index contributed by atoms with van der Waals surface area (Å²) in [6, 6.07) is 22.3. The van der Waals surface area contributed by atoms with Crippen molar-refractivity contribution in [3.63, 3.8) is 0 Å². The average Bonchev–Trinajstić information content (AvgIpc) is 2.82. The van der Waals surface area contributed by atoms with E-state index < -0.39 is 10.0 Å². The van der Waals surface area contributed by atoms with E-state index in [1.54, 1.807) is 34.5 Å². The fourth-order valence-corrected chi connectivity index (χ4v) is 5.18. The number of hydrogen-bond donors (Lipinski definition) is 1. The number of fused-ring (bicyclic) bond motifs is 1. The van der Waals surface area contributed by atoms with E-state index in [0.29, 0.717) is 40.7 Å². The van der Waals surface area contributed by atoms with Crippen molar-refractivity contribution in [3.05, 3.63) is 99.8 Å². The van der Waals surface area contributed by atoms with Gasteiger partial charge in [-0.05, 0) is 53.3 Å². The Morgan fingerprint density at radius 2 is 1.59 bits per heavy atom. The fourth-order valence-electron chi connectivity index (χ4n) is 3.69. The highest BCUT2D eigenvalue weighted by Crippen LogP contribution is 2.24. The zero-order valence-electron chi connectivity index (χ0n) is 19.1. The van der Waals surface area contributed by atoms with Crippen LogP contribution in [0.3, 0.4) is 0 Å². The number of hydrogen-bond acceptors (Lipinski definition) is 5. The van der Waals surface area contributed by atoms with Crippen molar-refractivity contribution in [2.75, 3.05) is 0 Å². The third-order valence-electron chi connectivity index (χ3n) is 5.72. The van der Waals surface area contributed by atoms with Crippen LogP contribution in [0.1, 0.15) is 36.5 Å². The smallest absolute Gasteiger partial charge is 0.262 e. The van der Waals surface area contributed by atoms with Gasteiger partial charge in [-0.15, -0.1) is 0 Å². The summed E-state index contributed by atoms with van der Waals surface area (Å²) in [6.45, 7) is 4.77. The second-order valence-electron chi connectivity index (χ2n) is 8.49. The number of sulfonamides is 1. The van der Waals surface area contributed by atoms with Gasteiger partial charge in [-0.1, -0.05) is 74.1 Å². The molecule has 0 unspecified atom stereocenters. The quantitative estimate of drug-likeness (QED) is 0.284. The third-order valence-corrected chi connectivity index (χ3v) is 7.69. The minimum atomic E-state index is -3.73. The Hall–Kier alpha value is -2.94. The Bertz CT molecular complexity index is 1460. The molecule has 0 fully saturated rings. The molecule has 0 atom stereocenters. The predicted molar refractivity (Wildman–Crippen MR) is 138 cm³/mol. The van der Waals surface area contributed by atoms with Crippen LogP contribution in [0.25, 0.3) is 10.9 Å². The molecule has 0 saturated carbocycles. The highest BCUT2D eigenvalue weighted by molar-refractivity contribution is 7.98. The van der Waals surface area contributed by atoms with Crippen molar-refractivity contribution >= 4 is 32.7 Å². The number of aromatic nitrogens is 2. The van der Waals surface area contributed by atoms with E-state index >= 15 is 0 Å². The first-order valence-corrected chi connectivity index (χ1v) is 13.6. The lowest BCUT2D eigenvalue weighted by molar-refractivity contribution is 0.594. The Morgan fingerprint density at radius 3 is 2.24 bits per heavy atom. The number of rotatable bonds is 8. The molecule has 0 bridgehead atoms. The van der Waals surface area contributed by atoms with Gasteiger partial charge in [-0.2, -0.15) is 0 Å². The van der Waals surface area contributed by atoms with Crippen molar-refractivity contribution in [2.24, 2.45) is 5.14 Å². The second-order valence-corrected chi connectivity index (χ2v) is 11.0. The van der Waals surface area contributed by atoms with Crippen LogP contribution in [0.2, 0.25) is 0 Å². The lowest BCUT2D eigenvalue weighted by Crippen LogP contribution is -2.24. The van der Waals surface area contributed by atoms with Gasteiger partial charge in [0.05, 0.1) is 15.8 Å². The van der Waals surface area contributed by atoms with Crippen LogP contribution < -0.4 is 10.7 Å². The molecular formula is C26H27N3O3S2. The summed E-state index contributed by atoms with van der Waals surface area (Å²) in [4.78, 5) is 18.2. The molecule has 176 valence electrons. The second kappa shape index (κ2) is 10.1. The number of nitrogens with zero attached hydrogens (tertiary/aromatic N) is 2. The molecule has 34 heavy (non-hydrogen) atoms. The third kappa shape index (κ3) is 5.58. The van der Waals surface area contributed by atoms with Gasteiger partial charge in [0.1, 0.15) is 0 Å². The summed E-state index contributed by atoms with van der Waals surface area (Å²) >= 11 is 1.54. The molecule has 0 spiro atoms. The molecule has 0 aliphatic rings. The van der Waals surface area contributed by atoms with Gasteiger partial charge >= 0.3 is 0 Å². The molecule has 0 radical (unpaired) electrons. The fraction of sp³-hybridized carbons (Fsp3) is 0.231. The van der Waals surface area contributed by atoms with Gasteiger partial charge < -0.3 is 0 Å². The summed E-state index contributed by atoms with van der Waals surface area (Å²) in [5, 5.41) is 6.43. The number of primary sulfonamides is 1. The number of nitrogens with two attached hydrogens (primary N) is 1. The lowest BCUT2D eigenvalue weighted by atomic mass is 10.0. The van der Waals surface area contributed by atoms with Gasteiger partial charge in [0.15, 0.2) is 5.16 Å². The van der Waals surface area contributed by atoms with Crippen LogP contribution in [0, 0.1) is 0 Å². The molecule has 3 aromatic carbocycles. The van der Waals surface area contributed by atoms with Crippen molar-refractivity contribution in [2.45, 2.75) is 48.5 Å². The number of para-hydroxylation sites is 1. The molecule has 0 aliphatic heterocycles. The zero-order valence-corrected chi connectivity index (χ0v) is 20.8. The minimum absolute atomic E-state index is 0.0699. The highest BCUT2D eigenvalue weighted by atomic mass is 32.2. The predicted octanol–water partition coefficient (Wildman–Crippen LogP) is 4.70. The zero-order chi connectivity index (χ0) is 24.3. The van der Waals surface area contributed by atoms with E-state index in [0.717, 1.165) is 5.56 Å². The van der Waals surface area contributed by atoms with Crippen molar-refractivity contribution in [3.8, 4) is 0 Å². The van der Waals surface area contributed by atoms with E-state index in [2.05, 4.69) is 38.1 Å². The molecule has 0 aliphatic carbocycles. The largest absolute Gasteiger partial charge is 0.287 e. The van der Waals surface area contributed by atoms with E-state index in [1.807, 2.05) is 18.2 Å². The van der Waals surface area contributed by atoms with Crippen LogP contribution in [0.5, 0.6) is 0 Å². The van der Waals surface area contributed by atoms with Crippen molar-refractivity contribution in [1.29, 1.82) is 0 Å². The van der Waals surface area contributed by atoms with Crippen LogP contribution in [0.4, 0.5) is 0 Å². The Morgan fingerprint density at radius 1 is 0.941 bits per heavy atom. The Kier molecular flexibility index (Phi) is 7.21. The summed E-state index contributed by atoms with van der Waals surface area (Å²) in [5.41, 5.74) is 3.97. The first kappa shape index (κ1) is 24.2. The maximum Gasteiger partial charge on any atom is 0.262 e. The van der Waals surface area contributed by atoms with Crippen molar-refractivity contribution < 1.29 is 8.42 Å². The van der Waals surface area contributed by atoms with Crippen LogP contribution in [-0.2, 0) is 28.7 Å². The molecule has 6 nitrogen and oxygen atoms in total. The summed E-state index contributed by atoms with van der Waals surface area (Å²) in [6.07, 6.45) is 0.557. The maximum atomic E-state index is 13.3. The molecule has 1 heterocycles.